The number of amides is 1. The van der Waals surface area contributed by atoms with Crippen molar-refractivity contribution < 1.29 is 18.0 Å². The van der Waals surface area contributed by atoms with Gasteiger partial charge in [-0.25, -0.2) is 4.98 Å². The molecule has 1 amide bonds. The lowest BCUT2D eigenvalue weighted by atomic mass is 9.96. The third kappa shape index (κ3) is 5.21. The molecule has 0 saturated carbocycles. The molecule has 176 valence electrons. The third-order valence-corrected chi connectivity index (χ3v) is 6.36. The molecule has 2 aromatic carbocycles. The van der Waals surface area contributed by atoms with Crippen LogP contribution in [0.2, 0.25) is 0 Å². The number of alkyl halides is 3. The number of nitrogens with zero attached hydrogens (tertiary/aromatic N) is 3. The van der Waals surface area contributed by atoms with E-state index in [1.165, 1.54) is 4.57 Å². The number of hydrogen-bond acceptors (Lipinski definition) is 3. The summed E-state index contributed by atoms with van der Waals surface area (Å²) in [6, 6.07) is 10.8. The molecule has 4 rings (SSSR count). The number of para-hydroxylation sites is 2. The van der Waals surface area contributed by atoms with Crippen LogP contribution in [0.15, 0.2) is 36.4 Å². The van der Waals surface area contributed by atoms with E-state index in [1.54, 1.807) is 24.3 Å². The molecule has 1 aliphatic heterocycles. The molecule has 3 aromatic rings. The van der Waals surface area contributed by atoms with Crippen molar-refractivity contribution in [3.8, 4) is 0 Å². The van der Waals surface area contributed by atoms with Crippen LogP contribution in [0.25, 0.3) is 11.0 Å². The Morgan fingerprint density at radius 1 is 1.09 bits per heavy atom. The van der Waals surface area contributed by atoms with Crippen LogP contribution in [0.5, 0.6) is 0 Å². The molecule has 0 spiro atoms. The number of carbonyl (C=O) groups is 1. The molecule has 0 aliphatic carbocycles. The standard InChI is InChI=1S/C25H29F3N4O/c1-16-12-17(2)23(18(3)13-16)30-22(33)15-31-10-8-19(9-11-31)14-32-21-7-5-4-6-20(21)29-24(32)25(26,27)28/h4-7,12-13,19H,8-11,14-15H2,1-3H3,(H,30,33). The quantitative estimate of drug-likeness (QED) is 0.562. The minimum atomic E-state index is -4.50. The first-order valence-corrected chi connectivity index (χ1v) is 11.2. The van der Waals surface area contributed by atoms with E-state index in [-0.39, 0.29) is 24.9 Å². The molecule has 33 heavy (non-hydrogen) atoms. The second kappa shape index (κ2) is 9.17. The highest BCUT2D eigenvalue weighted by molar-refractivity contribution is 5.93. The monoisotopic (exact) mass is 458 g/mol. The second-order valence-corrected chi connectivity index (χ2v) is 9.07. The zero-order chi connectivity index (χ0) is 23.8. The smallest absolute Gasteiger partial charge is 0.324 e. The fraction of sp³-hybridized carbons (Fsp3) is 0.440. The Morgan fingerprint density at radius 2 is 1.73 bits per heavy atom. The Kier molecular flexibility index (Phi) is 6.47. The van der Waals surface area contributed by atoms with E-state index in [2.05, 4.69) is 15.2 Å². The maximum absolute atomic E-state index is 13.6. The summed E-state index contributed by atoms with van der Waals surface area (Å²) in [5.74, 6) is -0.803. The van der Waals surface area contributed by atoms with Crippen LogP contribution in [-0.2, 0) is 17.5 Å². The molecular formula is C25H29F3N4O. The summed E-state index contributed by atoms with van der Waals surface area (Å²) in [6.45, 7) is 7.90. The number of aromatic nitrogens is 2. The molecule has 5 nitrogen and oxygen atoms in total. The number of rotatable bonds is 5. The van der Waals surface area contributed by atoms with E-state index in [4.69, 9.17) is 0 Å². The highest BCUT2D eigenvalue weighted by Crippen LogP contribution is 2.33. The molecule has 0 radical (unpaired) electrons. The number of likely N-dealkylation sites (tertiary alicyclic amines) is 1. The number of benzene rings is 2. The van der Waals surface area contributed by atoms with E-state index in [1.807, 2.05) is 32.9 Å². The summed E-state index contributed by atoms with van der Waals surface area (Å²) in [7, 11) is 0. The Bertz CT molecular complexity index is 1140. The first-order chi connectivity index (χ1) is 15.6. The van der Waals surface area contributed by atoms with Gasteiger partial charge in [-0.2, -0.15) is 13.2 Å². The van der Waals surface area contributed by atoms with Crippen molar-refractivity contribution in [1.29, 1.82) is 0 Å². The van der Waals surface area contributed by atoms with Gasteiger partial charge in [0.25, 0.3) is 0 Å². The summed E-state index contributed by atoms with van der Waals surface area (Å²) in [4.78, 5) is 18.5. The number of imidazole rings is 1. The molecule has 1 N–H and O–H groups in total. The zero-order valence-electron chi connectivity index (χ0n) is 19.2. The Labute approximate surface area is 191 Å². The van der Waals surface area contributed by atoms with Gasteiger partial charge >= 0.3 is 6.18 Å². The second-order valence-electron chi connectivity index (χ2n) is 9.07. The normalized spacial score (nSPS) is 15.8. The number of fused-ring (bicyclic) bond motifs is 1. The Balaban J connectivity index is 1.37. The van der Waals surface area contributed by atoms with Crippen LogP contribution in [-0.4, -0.2) is 40.0 Å². The molecule has 1 fully saturated rings. The Hall–Kier alpha value is -2.87. The van der Waals surface area contributed by atoms with Crippen LogP contribution in [0.1, 0.15) is 35.4 Å². The van der Waals surface area contributed by atoms with Gasteiger partial charge in [0.2, 0.25) is 11.7 Å². The number of hydrogen-bond donors (Lipinski definition) is 1. The van der Waals surface area contributed by atoms with Gasteiger partial charge in [-0.05, 0) is 75.9 Å². The van der Waals surface area contributed by atoms with Crippen LogP contribution >= 0.6 is 0 Å². The van der Waals surface area contributed by atoms with Crippen molar-refractivity contribution in [3.63, 3.8) is 0 Å². The van der Waals surface area contributed by atoms with E-state index in [0.29, 0.717) is 24.1 Å². The molecule has 8 heteroatoms. The number of piperidine rings is 1. The highest BCUT2D eigenvalue weighted by Gasteiger charge is 2.38. The van der Waals surface area contributed by atoms with Gasteiger partial charge in [0, 0.05) is 12.2 Å². The SMILES string of the molecule is Cc1cc(C)c(NC(=O)CN2CCC(Cn3c(C(F)(F)F)nc4ccccc43)CC2)c(C)c1. The average molecular weight is 459 g/mol. The molecule has 1 aromatic heterocycles. The van der Waals surface area contributed by atoms with Gasteiger partial charge < -0.3 is 9.88 Å². The van der Waals surface area contributed by atoms with E-state index in [0.717, 1.165) is 35.2 Å². The number of halogens is 3. The molecule has 0 bridgehead atoms. The minimum absolute atomic E-state index is 0.0662. The van der Waals surface area contributed by atoms with Gasteiger partial charge in [-0.15, -0.1) is 0 Å². The van der Waals surface area contributed by atoms with Crippen LogP contribution < -0.4 is 5.32 Å². The highest BCUT2D eigenvalue weighted by atomic mass is 19.4. The average Bonchev–Trinajstić information content (AvgIpc) is 3.11. The lowest BCUT2D eigenvalue weighted by Gasteiger charge is -2.32. The van der Waals surface area contributed by atoms with Crippen molar-refractivity contribution in [2.75, 3.05) is 25.0 Å². The van der Waals surface area contributed by atoms with Crippen molar-refractivity contribution in [2.45, 2.75) is 46.3 Å². The maximum atomic E-state index is 13.6. The third-order valence-electron chi connectivity index (χ3n) is 6.36. The van der Waals surface area contributed by atoms with Gasteiger partial charge in [-0.1, -0.05) is 29.8 Å². The lowest BCUT2D eigenvalue weighted by Crippen LogP contribution is -2.40. The summed E-state index contributed by atoms with van der Waals surface area (Å²) in [5.41, 5.74) is 4.95. The van der Waals surface area contributed by atoms with Crippen LogP contribution in [0, 0.1) is 26.7 Å². The molecule has 2 heterocycles. The fourth-order valence-corrected chi connectivity index (χ4v) is 4.82. The first kappa shape index (κ1) is 23.3. The van der Waals surface area contributed by atoms with Crippen LogP contribution in [0.3, 0.4) is 0 Å². The predicted molar refractivity (Wildman–Crippen MR) is 123 cm³/mol. The van der Waals surface area contributed by atoms with E-state index in [9.17, 15) is 18.0 Å². The number of aryl methyl sites for hydroxylation is 3. The lowest BCUT2D eigenvalue weighted by molar-refractivity contribution is -0.147. The number of nitrogens with one attached hydrogen (secondary N) is 1. The molecular weight excluding hydrogens is 429 g/mol. The molecule has 1 saturated heterocycles. The summed E-state index contributed by atoms with van der Waals surface area (Å²) in [5, 5.41) is 3.03. The summed E-state index contributed by atoms with van der Waals surface area (Å²) < 4.78 is 42.0. The van der Waals surface area contributed by atoms with Crippen molar-refractivity contribution >= 4 is 22.6 Å². The first-order valence-electron chi connectivity index (χ1n) is 11.2. The van der Waals surface area contributed by atoms with E-state index < -0.39 is 12.0 Å². The van der Waals surface area contributed by atoms with Gasteiger partial charge in [0.05, 0.1) is 17.6 Å². The van der Waals surface area contributed by atoms with Crippen molar-refractivity contribution in [2.24, 2.45) is 5.92 Å². The van der Waals surface area contributed by atoms with Crippen LogP contribution in [0.4, 0.5) is 18.9 Å². The fourth-order valence-electron chi connectivity index (χ4n) is 4.82. The van der Waals surface area contributed by atoms with Gasteiger partial charge in [0.1, 0.15) is 0 Å². The summed E-state index contributed by atoms with van der Waals surface area (Å²) in [6.07, 6.45) is -3.02. The molecule has 0 atom stereocenters. The van der Waals surface area contributed by atoms with Crippen molar-refractivity contribution in [3.05, 3.63) is 58.9 Å². The predicted octanol–water partition coefficient (Wildman–Crippen LogP) is 5.33. The zero-order valence-corrected chi connectivity index (χ0v) is 19.2. The maximum Gasteiger partial charge on any atom is 0.449 e. The number of carbonyl (C=O) groups excluding carboxylic acids is 1. The summed E-state index contributed by atoms with van der Waals surface area (Å²) >= 11 is 0. The topological polar surface area (TPSA) is 50.2 Å². The molecule has 1 aliphatic rings. The van der Waals surface area contributed by atoms with Crippen molar-refractivity contribution in [1.82, 2.24) is 14.5 Å². The van der Waals surface area contributed by atoms with Gasteiger partial charge in [0.15, 0.2) is 0 Å². The minimum Gasteiger partial charge on any atom is -0.324 e. The van der Waals surface area contributed by atoms with E-state index >= 15 is 0 Å². The number of anilines is 1. The van der Waals surface area contributed by atoms with Gasteiger partial charge in [-0.3, -0.25) is 9.69 Å². The Morgan fingerprint density at radius 3 is 2.36 bits per heavy atom. The molecule has 0 unspecified atom stereocenters. The largest absolute Gasteiger partial charge is 0.449 e.